The molecular formula is C50H47F2N6O6P. The van der Waals surface area contributed by atoms with Gasteiger partial charge in [0.2, 0.25) is 10.9 Å². The lowest BCUT2D eigenvalue weighted by atomic mass is 10.0. The molecule has 0 N–H and O–H groups in total. The molecule has 0 fully saturated rings. The molecular weight excluding hydrogens is 850 g/mol. The minimum atomic E-state index is -0.719. The second-order valence-electron chi connectivity index (χ2n) is 14.4. The molecule has 8 aromatic rings. The Balaban J connectivity index is 0.000000280. The summed E-state index contributed by atoms with van der Waals surface area (Å²) in [5.74, 6) is 5.17. The van der Waals surface area contributed by atoms with E-state index in [1.807, 2.05) is 19.1 Å². The van der Waals surface area contributed by atoms with E-state index in [1.54, 1.807) is 103 Å². The fourth-order valence-electron chi connectivity index (χ4n) is 6.72. The van der Waals surface area contributed by atoms with E-state index in [9.17, 15) is 28.0 Å². The van der Waals surface area contributed by atoms with E-state index in [-0.39, 0.29) is 48.7 Å². The molecule has 1 unspecified atom stereocenters. The number of hydrogen-bond acceptors (Lipinski definition) is 10. The van der Waals surface area contributed by atoms with E-state index in [4.69, 9.17) is 9.47 Å². The summed E-state index contributed by atoms with van der Waals surface area (Å²) < 4.78 is 40.4. The Hall–Kier alpha value is -7.75. The van der Waals surface area contributed by atoms with Gasteiger partial charge in [0.05, 0.1) is 29.8 Å². The average molecular weight is 899 g/mol. The molecule has 0 aliphatic rings. The Morgan fingerprint density at radius 2 is 1.03 bits per heavy atom. The van der Waals surface area contributed by atoms with Crippen LogP contribution >= 0.6 is 9.90 Å². The van der Waals surface area contributed by atoms with Crippen LogP contribution in [0.15, 0.2) is 132 Å². The highest BCUT2D eigenvalue weighted by Gasteiger charge is 2.19. The predicted molar refractivity (Wildman–Crippen MR) is 253 cm³/mol. The minimum Gasteiger partial charge on any atom is -0.462 e. The third-order valence-corrected chi connectivity index (χ3v) is 9.94. The average Bonchev–Trinajstić information content (AvgIpc) is 3.30. The second kappa shape index (κ2) is 21.1. The van der Waals surface area contributed by atoms with Crippen molar-refractivity contribution in [1.29, 1.82) is 0 Å². The van der Waals surface area contributed by atoms with Crippen molar-refractivity contribution in [2.45, 2.75) is 40.5 Å². The van der Waals surface area contributed by atoms with Crippen molar-refractivity contribution in [3.63, 3.8) is 0 Å². The van der Waals surface area contributed by atoms with Crippen molar-refractivity contribution in [3.05, 3.63) is 199 Å². The standard InChI is InChI=1S/C25H22FN3O3.C25H18FN3O3.H3P.2H2/c2*1-3-32-25(31)22-15-29(20-9-7-19(26)8-10-20)23-11-6-17(12-21(23)24(22)30)4-5-18-13-27-16(2)28-14-18;;;/h6-15H,3-5H2,1-2H3;6-15H,3H2,1-2H3;1H3;2*1H/i;;;1+2;. The number of carbonyl (C=O) groups excluding carboxylic acids is 2. The van der Waals surface area contributed by atoms with Gasteiger partial charge >= 0.3 is 11.9 Å². The number of aryl methyl sites for hydroxylation is 4. The van der Waals surface area contributed by atoms with Gasteiger partial charge in [-0.05, 0) is 131 Å². The van der Waals surface area contributed by atoms with Crippen LogP contribution in [-0.2, 0) is 22.3 Å². The molecule has 0 radical (unpaired) electrons. The molecule has 1 atom stereocenters. The largest absolute Gasteiger partial charge is 0.462 e. The summed E-state index contributed by atoms with van der Waals surface area (Å²) in [6.45, 7) is 7.26. The van der Waals surface area contributed by atoms with Crippen LogP contribution in [0.1, 0.15) is 71.3 Å². The number of nitrogens with zero attached hydrogens (tertiary/aromatic N) is 6. The van der Waals surface area contributed by atoms with Crippen LogP contribution in [0.3, 0.4) is 0 Å². The number of aromatic nitrogens is 6. The lowest BCUT2D eigenvalue weighted by Gasteiger charge is -2.14. The summed E-state index contributed by atoms with van der Waals surface area (Å²) in [6.07, 6.45) is 11.1. The fraction of sp³-hybridized carbons (Fsp3) is 0.160. The van der Waals surface area contributed by atoms with Gasteiger partial charge in [-0.25, -0.2) is 38.3 Å². The Morgan fingerprint density at radius 3 is 1.52 bits per heavy atom. The van der Waals surface area contributed by atoms with Gasteiger partial charge in [-0.3, -0.25) is 9.59 Å². The molecule has 4 aromatic heterocycles. The van der Waals surface area contributed by atoms with Gasteiger partial charge in [-0.15, -0.1) is 0 Å². The van der Waals surface area contributed by atoms with Gasteiger partial charge in [-0.1, -0.05) is 17.9 Å². The highest BCUT2D eigenvalue weighted by molar-refractivity contribution is 6.92. The van der Waals surface area contributed by atoms with Crippen molar-refractivity contribution >= 4 is 43.6 Å². The summed E-state index contributed by atoms with van der Waals surface area (Å²) in [6, 6.07) is 22.4. The normalized spacial score (nSPS) is 10.6. The number of esters is 2. The van der Waals surface area contributed by atoms with Gasteiger partial charge < -0.3 is 18.6 Å². The molecule has 0 saturated heterocycles. The number of fused-ring (bicyclic) bond motifs is 2. The molecule has 4 aromatic carbocycles. The molecule has 8 rings (SSSR count). The number of carbonyl (C=O) groups is 2. The molecule has 0 spiro atoms. The van der Waals surface area contributed by atoms with Crippen molar-refractivity contribution in [1.82, 2.24) is 29.1 Å². The second-order valence-corrected chi connectivity index (χ2v) is 14.4. The van der Waals surface area contributed by atoms with Gasteiger partial charge in [0.1, 0.15) is 34.4 Å². The first kappa shape index (κ1) is 46.7. The summed E-state index contributed by atoms with van der Waals surface area (Å²) in [4.78, 5) is 67.8. The van der Waals surface area contributed by atoms with Gasteiger partial charge in [0.25, 0.3) is 0 Å². The van der Waals surface area contributed by atoms with Crippen molar-refractivity contribution in [2.24, 2.45) is 0 Å². The SMILES string of the molecule is CCOC(=O)c1cn(-c2ccc(F)cc2)c2ccc(C#Cc3cnc(C)nc3)cc2c1=O.CCOC(=O)c1cn(-c2ccc(F)cc2)c2ccc(CCc3cnc(C)nc3)cc2c1=O.P.[3HH].[HH]. The number of rotatable bonds is 9. The number of halogens is 2. The first-order valence-electron chi connectivity index (χ1n) is 20.2. The molecule has 0 saturated carbocycles. The molecule has 0 amide bonds. The smallest absolute Gasteiger partial charge is 0.343 e. The van der Waals surface area contributed by atoms with Crippen LogP contribution in [0.2, 0.25) is 0 Å². The molecule has 12 nitrogen and oxygen atoms in total. The Morgan fingerprint density at radius 1 is 0.600 bits per heavy atom. The van der Waals surface area contributed by atoms with Crippen molar-refractivity contribution < 1.29 is 30.7 Å². The summed E-state index contributed by atoms with van der Waals surface area (Å²) in [7, 11) is 0. The lowest BCUT2D eigenvalue weighted by molar-refractivity contribution is 0.0514. The third-order valence-electron chi connectivity index (χ3n) is 9.94. The summed E-state index contributed by atoms with van der Waals surface area (Å²) >= 11 is 0. The zero-order valence-corrected chi connectivity index (χ0v) is 37.4. The zero-order valence-electron chi connectivity index (χ0n) is 36.0. The Labute approximate surface area is 378 Å². The van der Waals surface area contributed by atoms with E-state index < -0.39 is 22.8 Å². The highest BCUT2D eigenvalue weighted by atomic mass is 31.0. The van der Waals surface area contributed by atoms with Gasteiger partial charge in [0.15, 0.2) is 0 Å². The molecule has 15 heteroatoms. The summed E-state index contributed by atoms with van der Waals surface area (Å²) in [5.41, 5.74) is 4.55. The Bertz CT molecular complexity index is 3220. The maximum absolute atomic E-state index is 13.4. The monoisotopic (exact) mass is 898 g/mol. The van der Waals surface area contributed by atoms with Crippen molar-refractivity contribution in [3.8, 4) is 23.2 Å². The molecule has 0 aliphatic heterocycles. The third kappa shape index (κ3) is 11.1. The lowest BCUT2D eigenvalue weighted by Crippen LogP contribution is -2.20. The van der Waals surface area contributed by atoms with Gasteiger partial charge in [-0.2, -0.15) is 9.90 Å². The van der Waals surface area contributed by atoms with Crippen LogP contribution in [0.4, 0.5) is 8.78 Å². The number of ether oxygens (including phenoxy) is 2. The predicted octanol–water partition coefficient (Wildman–Crippen LogP) is 8.54. The van der Waals surface area contributed by atoms with Crippen LogP contribution in [-0.4, -0.2) is 54.2 Å². The van der Waals surface area contributed by atoms with E-state index in [0.717, 1.165) is 17.5 Å². The van der Waals surface area contributed by atoms with Crippen LogP contribution in [0.25, 0.3) is 33.2 Å². The maximum Gasteiger partial charge on any atom is 0.343 e. The van der Waals surface area contributed by atoms with E-state index in [2.05, 4.69) is 31.8 Å². The minimum absolute atomic E-state index is 0. The summed E-state index contributed by atoms with van der Waals surface area (Å²) in [5, 5.41) is 0.698. The Kier molecular flexibility index (Phi) is 15.2. The van der Waals surface area contributed by atoms with Gasteiger partial charge in [0, 0.05) is 67.7 Å². The molecule has 0 bridgehead atoms. The molecule has 4 heterocycles. The van der Waals surface area contributed by atoms with E-state index in [1.165, 1.54) is 36.7 Å². The maximum atomic E-state index is 13.4. The molecule has 0 aliphatic carbocycles. The molecule has 332 valence electrons. The molecule has 65 heavy (non-hydrogen) atoms. The number of hydrogen-bond donors (Lipinski definition) is 0. The number of benzene rings is 4. The van der Waals surface area contributed by atoms with Crippen LogP contribution < -0.4 is 10.9 Å². The first-order valence-corrected chi connectivity index (χ1v) is 20.2. The van der Waals surface area contributed by atoms with Crippen LogP contribution in [0, 0.1) is 37.3 Å². The van der Waals surface area contributed by atoms with Crippen molar-refractivity contribution in [2.75, 3.05) is 13.2 Å². The first-order chi connectivity index (χ1) is 30.9. The highest BCUT2D eigenvalue weighted by Crippen LogP contribution is 2.22. The quantitative estimate of drug-likeness (QED) is 0.0784. The van der Waals surface area contributed by atoms with Crippen LogP contribution in [0.5, 0.6) is 0 Å². The van der Waals surface area contributed by atoms with E-state index in [0.29, 0.717) is 62.4 Å². The van der Waals surface area contributed by atoms with E-state index >= 15 is 0 Å². The zero-order chi connectivity index (χ0) is 45.3. The fourth-order valence-corrected chi connectivity index (χ4v) is 6.72. The number of pyridine rings is 2. The topological polar surface area (TPSA) is 148 Å².